The molecule has 0 aliphatic heterocycles. The van der Waals surface area contributed by atoms with Crippen LogP contribution in [0.25, 0.3) is 0 Å². The Morgan fingerprint density at radius 2 is 1.95 bits per heavy atom. The lowest BCUT2D eigenvalue weighted by Gasteiger charge is -2.56. The molecular weight excluding hydrogens is 260 g/mol. The zero-order valence-corrected chi connectivity index (χ0v) is 13.0. The van der Waals surface area contributed by atoms with Crippen molar-refractivity contribution in [2.45, 2.75) is 51.7 Å². The van der Waals surface area contributed by atoms with E-state index in [4.69, 9.17) is 0 Å². The van der Waals surface area contributed by atoms with Gasteiger partial charge in [0.2, 0.25) is 0 Å². The highest BCUT2D eigenvalue weighted by Crippen LogP contribution is 2.62. The molecule has 2 N–H and O–H groups in total. The lowest BCUT2D eigenvalue weighted by atomic mass is 9.49. The predicted octanol–water partition coefficient (Wildman–Crippen LogP) is 3.22. The third kappa shape index (κ3) is 1.72. The predicted molar refractivity (Wildman–Crippen MR) is 83.5 cm³/mol. The van der Waals surface area contributed by atoms with E-state index in [1.165, 1.54) is 12.0 Å². The Morgan fingerprint density at radius 1 is 1.14 bits per heavy atom. The molecule has 2 nitrogen and oxygen atoms in total. The molecule has 1 fully saturated rings. The first-order valence-corrected chi connectivity index (χ1v) is 8.38. The molecule has 114 valence electrons. The van der Waals surface area contributed by atoms with E-state index in [1.807, 2.05) is 12.2 Å². The largest absolute Gasteiger partial charge is 0.389 e. The summed E-state index contributed by atoms with van der Waals surface area (Å²) in [6.07, 6.45) is 14.6. The van der Waals surface area contributed by atoms with Crippen LogP contribution in [-0.2, 0) is 0 Å². The zero-order chi connectivity index (χ0) is 14.8. The van der Waals surface area contributed by atoms with Crippen LogP contribution in [0, 0.1) is 28.6 Å². The van der Waals surface area contributed by atoms with Crippen LogP contribution >= 0.6 is 0 Å². The van der Waals surface area contributed by atoms with Crippen LogP contribution in [0.15, 0.2) is 36.0 Å². The first-order valence-electron chi connectivity index (χ1n) is 8.38. The summed E-state index contributed by atoms with van der Waals surface area (Å²) in [5, 5.41) is 20.3. The fourth-order valence-electron chi connectivity index (χ4n) is 5.67. The van der Waals surface area contributed by atoms with Gasteiger partial charge in [-0.3, -0.25) is 0 Å². The van der Waals surface area contributed by atoms with E-state index in [9.17, 15) is 10.2 Å². The number of allylic oxidation sites excluding steroid dienone is 3. The van der Waals surface area contributed by atoms with Crippen LogP contribution in [0.2, 0.25) is 0 Å². The molecule has 0 heterocycles. The third-order valence-electron chi connectivity index (χ3n) is 7.10. The lowest BCUT2D eigenvalue weighted by molar-refractivity contribution is -0.0448. The van der Waals surface area contributed by atoms with Crippen LogP contribution in [0.4, 0.5) is 0 Å². The molecule has 4 aliphatic rings. The molecule has 0 radical (unpaired) electrons. The molecular formula is C19H26O2. The maximum absolute atomic E-state index is 10.4. The Kier molecular flexibility index (Phi) is 2.84. The van der Waals surface area contributed by atoms with Crippen molar-refractivity contribution in [3.63, 3.8) is 0 Å². The zero-order valence-electron chi connectivity index (χ0n) is 13.0. The highest BCUT2D eigenvalue weighted by molar-refractivity contribution is 5.34. The second-order valence-electron chi connectivity index (χ2n) is 8.05. The van der Waals surface area contributed by atoms with E-state index in [1.54, 1.807) is 0 Å². The van der Waals surface area contributed by atoms with Gasteiger partial charge in [0.15, 0.2) is 0 Å². The lowest BCUT2D eigenvalue weighted by Crippen LogP contribution is -2.50. The summed E-state index contributed by atoms with van der Waals surface area (Å²) < 4.78 is 0. The van der Waals surface area contributed by atoms with Crippen LogP contribution in [0.1, 0.15) is 39.5 Å². The van der Waals surface area contributed by atoms with Crippen molar-refractivity contribution in [2.24, 2.45) is 28.6 Å². The molecule has 2 heteroatoms. The Morgan fingerprint density at radius 3 is 2.76 bits per heavy atom. The SMILES string of the molecule is C[C@]12CC[C@H]3[C@@H](CC=C4C[C@@H](O)C=C[C@@]43C)[C@@H]1C=C[C@@H]2O. The molecule has 0 amide bonds. The molecule has 0 aromatic carbocycles. The van der Waals surface area contributed by atoms with E-state index in [-0.39, 0.29) is 23.0 Å². The summed E-state index contributed by atoms with van der Waals surface area (Å²) in [6.45, 7) is 4.62. The summed E-state index contributed by atoms with van der Waals surface area (Å²) >= 11 is 0. The van der Waals surface area contributed by atoms with Crippen molar-refractivity contribution in [1.29, 1.82) is 0 Å². The molecule has 0 aromatic rings. The van der Waals surface area contributed by atoms with Gasteiger partial charge in [-0.1, -0.05) is 49.8 Å². The fourth-order valence-corrected chi connectivity index (χ4v) is 5.67. The van der Waals surface area contributed by atoms with Crippen LogP contribution in [-0.4, -0.2) is 22.4 Å². The molecule has 4 rings (SSSR count). The quantitative estimate of drug-likeness (QED) is 0.671. The maximum Gasteiger partial charge on any atom is 0.0780 e. The van der Waals surface area contributed by atoms with Gasteiger partial charge in [0, 0.05) is 10.8 Å². The van der Waals surface area contributed by atoms with Gasteiger partial charge in [-0.05, 0) is 43.4 Å². The molecule has 1 saturated carbocycles. The summed E-state index contributed by atoms with van der Waals surface area (Å²) in [5.74, 6) is 1.78. The topological polar surface area (TPSA) is 40.5 Å². The number of hydrogen-bond donors (Lipinski definition) is 2. The second-order valence-corrected chi connectivity index (χ2v) is 8.05. The van der Waals surface area contributed by atoms with Gasteiger partial charge in [0.1, 0.15) is 0 Å². The smallest absolute Gasteiger partial charge is 0.0780 e. The molecule has 0 bridgehead atoms. The van der Waals surface area contributed by atoms with Crippen molar-refractivity contribution in [2.75, 3.05) is 0 Å². The third-order valence-corrected chi connectivity index (χ3v) is 7.10. The highest BCUT2D eigenvalue weighted by Gasteiger charge is 2.56. The van der Waals surface area contributed by atoms with E-state index < -0.39 is 0 Å². The Hall–Kier alpha value is -0.860. The number of hydrogen-bond acceptors (Lipinski definition) is 2. The average molecular weight is 286 g/mol. The molecule has 21 heavy (non-hydrogen) atoms. The second kappa shape index (κ2) is 4.33. The standard InChI is InChI=1S/C19H26O2/c1-18-9-7-13(20)11-12(18)3-4-14-15-5-6-17(21)19(15,2)10-8-16(14)18/h3,5-7,9,13-17,20-21H,4,8,10-11H2,1-2H3/t13-,14-,15-,16-,17-,18-,19-/m0/s1. The van der Waals surface area contributed by atoms with Crippen LogP contribution in [0.3, 0.4) is 0 Å². The van der Waals surface area contributed by atoms with Crippen molar-refractivity contribution in [3.05, 3.63) is 36.0 Å². The van der Waals surface area contributed by atoms with Crippen LogP contribution < -0.4 is 0 Å². The molecule has 0 unspecified atom stereocenters. The van der Waals surface area contributed by atoms with E-state index in [0.717, 1.165) is 19.3 Å². The Labute approximate surface area is 127 Å². The molecule has 7 atom stereocenters. The van der Waals surface area contributed by atoms with E-state index in [0.29, 0.717) is 17.8 Å². The summed E-state index contributed by atoms with van der Waals surface area (Å²) in [7, 11) is 0. The summed E-state index contributed by atoms with van der Waals surface area (Å²) in [4.78, 5) is 0. The van der Waals surface area contributed by atoms with Gasteiger partial charge in [-0.2, -0.15) is 0 Å². The number of fused-ring (bicyclic) bond motifs is 5. The number of aliphatic hydroxyl groups is 2. The molecule has 4 aliphatic carbocycles. The van der Waals surface area contributed by atoms with Gasteiger partial charge in [0.05, 0.1) is 12.2 Å². The van der Waals surface area contributed by atoms with Gasteiger partial charge >= 0.3 is 0 Å². The maximum atomic E-state index is 10.4. The van der Waals surface area contributed by atoms with Crippen molar-refractivity contribution >= 4 is 0 Å². The number of aliphatic hydroxyl groups excluding tert-OH is 2. The number of rotatable bonds is 0. The Bertz CT molecular complexity index is 546. The summed E-state index contributed by atoms with van der Waals surface area (Å²) in [5.41, 5.74) is 1.59. The molecule has 0 saturated heterocycles. The van der Waals surface area contributed by atoms with Gasteiger partial charge < -0.3 is 10.2 Å². The van der Waals surface area contributed by atoms with Crippen molar-refractivity contribution in [1.82, 2.24) is 0 Å². The highest BCUT2D eigenvalue weighted by atomic mass is 16.3. The first kappa shape index (κ1) is 13.8. The minimum absolute atomic E-state index is 0.0424. The molecule has 0 aromatic heterocycles. The van der Waals surface area contributed by atoms with Gasteiger partial charge in [-0.25, -0.2) is 0 Å². The van der Waals surface area contributed by atoms with Gasteiger partial charge in [-0.15, -0.1) is 0 Å². The van der Waals surface area contributed by atoms with Crippen LogP contribution in [0.5, 0.6) is 0 Å². The molecule has 0 spiro atoms. The van der Waals surface area contributed by atoms with E-state index in [2.05, 4.69) is 32.1 Å². The monoisotopic (exact) mass is 286 g/mol. The van der Waals surface area contributed by atoms with E-state index >= 15 is 0 Å². The minimum atomic E-state index is -0.303. The Balaban J connectivity index is 1.72. The average Bonchev–Trinajstić information content (AvgIpc) is 2.76. The van der Waals surface area contributed by atoms with Crippen molar-refractivity contribution < 1.29 is 10.2 Å². The van der Waals surface area contributed by atoms with Crippen molar-refractivity contribution in [3.8, 4) is 0 Å². The van der Waals surface area contributed by atoms with Gasteiger partial charge in [0.25, 0.3) is 0 Å². The summed E-state index contributed by atoms with van der Waals surface area (Å²) in [6, 6.07) is 0. The first-order chi connectivity index (χ1) is 9.95. The minimum Gasteiger partial charge on any atom is -0.389 e. The normalized spacial score (nSPS) is 54.7. The fraction of sp³-hybridized carbons (Fsp3) is 0.684.